The number of nitrogens with zero attached hydrogens (tertiary/aromatic N) is 1. The summed E-state index contributed by atoms with van der Waals surface area (Å²) in [6.07, 6.45) is 0. The van der Waals surface area contributed by atoms with Crippen molar-refractivity contribution in [3.05, 3.63) is 16.3 Å². The van der Waals surface area contributed by atoms with E-state index in [0.29, 0.717) is 10.4 Å². The molecule has 0 saturated heterocycles. The van der Waals surface area contributed by atoms with Gasteiger partial charge in [-0.1, -0.05) is 0 Å². The minimum absolute atomic E-state index is 0.0621. The maximum absolute atomic E-state index is 10.7. The maximum Gasteiger partial charge on any atom is 0.371 e. The highest BCUT2D eigenvalue weighted by atomic mass is 79.9. The predicted molar refractivity (Wildman–Crippen MR) is 61.5 cm³/mol. The molecular weight excluding hydrogens is 262 g/mol. The summed E-state index contributed by atoms with van der Waals surface area (Å²) in [5.41, 5.74) is -0.129. The zero-order valence-corrected chi connectivity index (χ0v) is 10.8. The summed E-state index contributed by atoms with van der Waals surface area (Å²) in [5.74, 6) is -0.600. The average Bonchev–Trinajstić information content (AvgIpc) is 2.44. The lowest BCUT2D eigenvalue weighted by Crippen LogP contribution is -2.37. The van der Waals surface area contributed by atoms with E-state index in [1.165, 1.54) is 6.07 Å². The number of carboxylic acid groups (broad SMARTS) is 1. The lowest BCUT2D eigenvalue weighted by atomic mass is 10.1. The Labute approximate surface area is 97.0 Å². The van der Waals surface area contributed by atoms with E-state index in [2.05, 4.69) is 15.9 Å². The van der Waals surface area contributed by atoms with E-state index in [1.807, 2.05) is 32.7 Å². The molecule has 1 heterocycles. The van der Waals surface area contributed by atoms with Crippen LogP contribution in [0.1, 0.15) is 31.3 Å². The van der Waals surface area contributed by atoms with Crippen molar-refractivity contribution in [3.63, 3.8) is 0 Å². The van der Waals surface area contributed by atoms with Crippen LogP contribution in [0.3, 0.4) is 0 Å². The van der Waals surface area contributed by atoms with E-state index in [1.54, 1.807) is 0 Å². The molecule has 0 aliphatic carbocycles. The summed E-state index contributed by atoms with van der Waals surface area (Å²) in [6, 6.07) is 1.46. The minimum Gasteiger partial charge on any atom is -0.475 e. The molecule has 84 valence electrons. The van der Waals surface area contributed by atoms with E-state index in [9.17, 15) is 4.79 Å². The van der Waals surface area contributed by atoms with Crippen molar-refractivity contribution in [3.8, 4) is 0 Å². The van der Waals surface area contributed by atoms with Gasteiger partial charge in [0.25, 0.3) is 0 Å². The van der Waals surface area contributed by atoms with Gasteiger partial charge in [-0.3, -0.25) is 0 Å². The van der Waals surface area contributed by atoms with Crippen LogP contribution in [-0.2, 0) is 0 Å². The fourth-order valence-electron chi connectivity index (χ4n) is 0.998. The van der Waals surface area contributed by atoms with Crippen LogP contribution < -0.4 is 4.90 Å². The number of hydrogen-bond acceptors (Lipinski definition) is 3. The summed E-state index contributed by atoms with van der Waals surface area (Å²) in [5, 5.41) is 8.77. The highest BCUT2D eigenvalue weighted by Crippen LogP contribution is 2.33. The van der Waals surface area contributed by atoms with Crippen LogP contribution in [0.15, 0.2) is 15.0 Å². The number of carbonyl (C=O) groups is 1. The Morgan fingerprint density at radius 1 is 1.53 bits per heavy atom. The molecule has 0 saturated carbocycles. The number of anilines is 1. The van der Waals surface area contributed by atoms with Gasteiger partial charge in [-0.05, 0) is 36.7 Å². The van der Waals surface area contributed by atoms with Crippen molar-refractivity contribution in [2.75, 3.05) is 11.9 Å². The van der Waals surface area contributed by atoms with Crippen molar-refractivity contribution in [1.29, 1.82) is 0 Å². The molecule has 0 spiro atoms. The molecule has 0 aliphatic heterocycles. The molecule has 1 N–H and O–H groups in total. The Kier molecular flexibility index (Phi) is 3.13. The standard InChI is InChI=1S/C10H14BrNO3/c1-10(2,3)12(4)8-6(11)5-7(15-8)9(13)14/h5H,1-4H3,(H,13,14). The molecule has 0 aliphatic rings. The molecule has 0 amide bonds. The van der Waals surface area contributed by atoms with Crippen LogP contribution in [0.2, 0.25) is 0 Å². The number of rotatable bonds is 2. The third kappa shape index (κ3) is 2.53. The molecule has 0 bridgehead atoms. The van der Waals surface area contributed by atoms with Gasteiger partial charge < -0.3 is 14.4 Å². The molecule has 0 radical (unpaired) electrons. The van der Waals surface area contributed by atoms with Gasteiger partial charge >= 0.3 is 5.97 Å². The summed E-state index contributed by atoms with van der Waals surface area (Å²) in [6.45, 7) is 6.05. The van der Waals surface area contributed by atoms with Crippen molar-refractivity contribution in [2.24, 2.45) is 0 Å². The monoisotopic (exact) mass is 275 g/mol. The Balaban J connectivity index is 3.10. The first-order valence-electron chi connectivity index (χ1n) is 4.50. The first-order valence-corrected chi connectivity index (χ1v) is 5.29. The van der Waals surface area contributed by atoms with Gasteiger partial charge in [0.05, 0.1) is 4.47 Å². The SMILES string of the molecule is CN(c1oc(C(=O)O)cc1Br)C(C)(C)C. The van der Waals surface area contributed by atoms with Gasteiger partial charge in [-0.2, -0.15) is 0 Å². The van der Waals surface area contributed by atoms with E-state index in [4.69, 9.17) is 9.52 Å². The number of hydrogen-bond donors (Lipinski definition) is 1. The molecular formula is C10H14BrNO3. The molecule has 5 heteroatoms. The number of halogens is 1. The topological polar surface area (TPSA) is 53.7 Å². The molecule has 0 atom stereocenters. The van der Waals surface area contributed by atoms with Crippen molar-refractivity contribution in [2.45, 2.75) is 26.3 Å². The smallest absolute Gasteiger partial charge is 0.371 e. The molecule has 1 aromatic rings. The fraction of sp³-hybridized carbons (Fsp3) is 0.500. The summed E-state index contributed by atoms with van der Waals surface area (Å²) in [7, 11) is 1.86. The highest BCUT2D eigenvalue weighted by molar-refractivity contribution is 9.10. The van der Waals surface area contributed by atoms with Gasteiger partial charge in [0.1, 0.15) is 0 Å². The normalized spacial score (nSPS) is 11.5. The van der Waals surface area contributed by atoms with Gasteiger partial charge in [-0.25, -0.2) is 4.79 Å². The quantitative estimate of drug-likeness (QED) is 0.902. The van der Waals surface area contributed by atoms with Crippen LogP contribution in [0.25, 0.3) is 0 Å². The van der Waals surface area contributed by atoms with Crippen molar-refractivity contribution in [1.82, 2.24) is 0 Å². The van der Waals surface area contributed by atoms with E-state index >= 15 is 0 Å². The molecule has 4 nitrogen and oxygen atoms in total. The third-order valence-electron chi connectivity index (χ3n) is 2.19. The lowest BCUT2D eigenvalue weighted by Gasteiger charge is -2.31. The Bertz CT molecular complexity index is 379. The average molecular weight is 276 g/mol. The maximum atomic E-state index is 10.7. The fourth-order valence-corrected chi connectivity index (χ4v) is 1.55. The predicted octanol–water partition coefficient (Wildman–Crippen LogP) is 2.98. The molecule has 0 unspecified atom stereocenters. The lowest BCUT2D eigenvalue weighted by molar-refractivity contribution is 0.0663. The van der Waals surface area contributed by atoms with Crippen LogP contribution in [-0.4, -0.2) is 23.7 Å². The van der Waals surface area contributed by atoms with Crippen molar-refractivity contribution >= 4 is 27.8 Å². The Morgan fingerprint density at radius 2 is 2.07 bits per heavy atom. The summed E-state index contributed by atoms with van der Waals surface area (Å²) < 4.78 is 5.89. The summed E-state index contributed by atoms with van der Waals surface area (Å²) in [4.78, 5) is 12.6. The van der Waals surface area contributed by atoms with Crippen LogP contribution in [0.5, 0.6) is 0 Å². The van der Waals surface area contributed by atoms with E-state index < -0.39 is 5.97 Å². The van der Waals surface area contributed by atoms with Crippen molar-refractivity contribution < 1.29 is 14.3 Å². The number of furan rings is 1. The molecule has 0 fully saturated rings. The Hall–Kier alpha value is -0.970. The second-order valence-corrected chi connectivity index (χ2v) is 5.15. The first kappa shape index (κ1) is 12.1. The largest absolute Gasteiger partial charge is 0.475 e. The molecule has 1 rings (SSSR count). The van der Waals surface area contributed by atoms with Gasteiger partial charge in [0.2, 0.25) is 11.6 Å². The Morgan fingerprint density at radius 3 is 2.40 bits per heavy atom. The van der Waals surface area contributed by atoms with Crippen LogP contribution in [0, 0.1) is 0 Å². The van der Waals surface area contributed by atoms with Gasteiger partial charge in [0, 0.05) is 18.7 Å². The highest BCUT2D eigenvalue weighted by Gasteiger charge is 2.24. The van der Waals surface area contributed by atoms with Gasteiger partial charge in [0.15, 0.2) is 0 Å². The number of carboxylic acids is 1. The zero-order chi connectivity index (χ0) is 11.8. The summed E-state index contributed by atoms with van der Waals surface area (Å²) >= 11 is 3.28. The second kappa shape index (κ2) is 3.89. The van der Waals surface area contributed by atoms with Crippen LogP contribution >= 0.6 is 15.9 Å². The van der Waals surface area contributed by atoms with E-state index in [-0.39, 0.29) is 11.3 Å². The van der Waals surface area contributed by atoms with Crippen LogP contribution in [0.4, 0.5) is 5.88 Å². The molecule has 0 aromatic carbocycles. The minimum atomic E-state index is -1.07. The zero-order valence-electron chi connectivity index (χ0n) is 9.17. The van der Waals surface area contributed by atoms with E-state index in [0.717, 1.165) is 0 Å². The third-order valence-corrected chi connectivity index (χ3v) is 2.76. The van der Waals surface area contributed by atoms with Gasteiger partial charge in [-0.15, -0.1) is 0 Å². The number of aromatic carboxylic acids is 1. The molecule has 1 aromatic heterocycles. The molecule has 15 heavy (non-hydrogen) atoms. The first-order chi connectivity index (χ1) is 6.73. The second-order valence-electron chi connectivity index (χ2n) is 4.30.